The number of pyridine rings is 1. The average Bonchev–Trinajstić information content (AvgIpc) is 2.73. The van der Waals surface area contributed by atoms with Crippen LogP contribution in [-0.2, 0) is 24.2 Å². The summed E-state index contributed by atoms with van der Waals surface area (Å²) in [5.74, 6) is -0.359. The van der Waals surface area contributed by atoms with Gasteiger partial charge in [-0.05, 0) is 84.0 Å². The van der Waals surface area contributed by atoms with E-state index in [4.69, 9.17) is 4.74 Å². The SMILES string of the molecule is Cc1cccc(C)c1-c1cccc(COc2cc3c(cn2)C[C@@H](C(=O)O)[C@@H](C)C3)c1C. The van der Waals surface area contributed by atoms with Gasteiger partial charge in [-0.1, -0.05) is 43.3 Å². The first kappa shape index (κ1) is 21.1. The van der Waals surface area contributed by atoms with Gasteiger partial charge in [0.05, 0.1) is 5.92 Å². The van der Waals surface area contributed by atoms with Crippen LogP contribution >= 0.6 is 0 Å². The van der Waals surface area contributed by atoms with E-state index in [0.717, 1.165) is 23.1 Å². The standard InChI is InChI=1S/C27H29NO3/c1-16-7-5-8-17(2)26(16)23-10-6-9-20(19(23)4)15-31-25-13-21-11-18(3)24(27(29)30)12-22(21)14-28-25/h5-10,13-14,18,24H,11-12,15H2,1-4H3,(H,29,30)/t18-,24+/m0/s1. The Morgan fingerprint density at radius 1 is 1.06 bits per heavy atom. The molecule has 4 nitrogen and oxygen atoms in total. The molecule has 0 bridgehead atoms. The van der Waals surface area contributed by atoms with Crippen LogP contribution in [0.4, 0.5) is 0 Å². The van der Waals surface area contributed by atoms with Crippen molar-refractivity contribution in [2.24, 2.45) is 11.8 Å². The van der Waals surface area contributed by atoms with E-state index in [0.29, 0.717) is 18.9 Å². The van der Waals surface area contributed by atoms with Crippen molar-refractivity contribution in [3.05, 3.63) is 82.0 Å². The summed E-state index contributed by atoms with van der Waals surface area (Å²) in [6.07, 6.45) is 3.06. The molecule has 1 aromatic heterocycles. The van der Waals surface area contributed by atoms with Crippen molar-refractivity contribution in [2.45, 2.75) is 47.1 Å². The number of carboxylic acids is 1. The molecule has 1 aliphatic carbocycles. The topological polar surface area (TPSA) is 59.4 Å². The van der Waals surface area contributed by atoms with Crippen LogP contribution in [0, 0.1) is 32.6 Å². The molecular weight excluding hydrogens is 386 g/mol. The maximum atomic E-state index is 11.5. The highest BCUT2D eigenvalue weighted by molar-refractivity contribution is 5.74. The third kappa shape index (κ3) is 4.20. The highest BCUT2D eigenvalue weighted by atomic mass is 16.5. The second-order valence-electron chi connectivity index (χ2n) is 8.77. The lowest BCUT2D eigenvalue weighted by Crippen LogP contribution is -2.30. The number of aromatic nitrogens is 1. The largest absolute Gasteiger partial charge is 0.481 e. The van der Waals surface area contributed by atoms with E-state index in [-0.39, 0.29) is 11.8 Å². The highest BCUT2D eigenvalue weighted by Crippen LogP contribution is 2.33. The molecule has 0 saturated heterocycles. The van der Waals surface area contributed by atoms with E-state index < -0.39 is 5.97 Å². The molecule has 0 fully saturated rings. The van der Waals surface area contributed by atoms with Crippen molar-refractivity contribution in [1.29, 1.82) is 0 Å². The maximum Gasteiger partial charge on any atom is 0.307 e. The van der Waals surface area contributed by atoms with Gasteiger partial charge in [0.25, 0.3) is 0 Å². The van der Waals surface area contributed by atoms with Crippen LogP contribution < -0.4 is 4.74 Å². The summed E-state index contributed by atoms with van der Waals surface area (Å²) in [7, 11) is 0. The number of fused-ring (bicyclic) bond motifs is 1. The Morgan fingerprint density at radius 3 is 2.48 bits per heavy atom. The molecule has 0 radical (unpaired) electrons. The quantitative estimate of drug-likeness (QED) is 0.582. The number of rotatable bonds is 5. The number of carbonyl (C=O) groups is 1. The predicted molar refractivity (Wildman–Crippen MR) is 122 cm³/mol. The molecule has 1 aliphatic rings. The Morgan fingerprint density at radius 2 is 1.77 bits per heavy atom. The van der Waals surface area contributed by atoms with Crippen molar-refractivity contribution < 1.29 is 14.6 Å². The van der Waals surface area contributed by atoms with Gasteiger partial charge in [0.2, 0.25) is 5.88 Å². The zero-order valence-corrected chi connectivity index (χ0v) is 18.6. The van der Waals surface area contributed by atoms with Crippen molar-refractivity contribution >= 4 is 5.97 Å². The Balaban J connectivity index is 1.55. The van der Waals surface area contributed by atoms with Crippen LogP contribution in [-0.4, -0.2) is 16.1 Å². The lowest BCUT2D eigenvalue weighted by atomic mass is 9.77. The molecule has 0 unspecified atom stereocenters. The van der Waals surface area contributed by atoms with Crippen molar-refractivity contribution in [3.63, 3.8) is 0 Å². The van der Waals surface area contributed by atoms with Gasteiger partial charge >= 0.3 is 5.97 Å². The fourth-order valence-corrected chi connectivity index (χ4v) is 4.72. The van der Waals surface area contributed by atoms with Gasteiger partial charge in [-0.25, -0.2) is 4.98 Å². The normalized spacial score (nSPS) is 17.8. The molecule has 31 heavy (non-hydrogen) atoms. The van der Waals surface area contributed by atoms with E-state index in [1.54, 1.807) is 6.20 Å². The van der Waals surface area contributed by atoms with Gasteiger partial charge < -0.3 is 9.84 Å². The minimum absolute atomic E-state index is 0.108. The minimum Gasteiger partial charge on any atom is -0.481 e. The number of ether oxygens (including phenoxy) is 1. The first-order chi connectivity index (χ1) is 14.8. The fraction of sp³-hybridized carbons (Fsp3) is 0.333. The van der Waals surface area contributed by atoms with Gasteiger partial charge in [0.1, 0.15) is 6.61 Å². The van der Waals surface area contributed by atoms with E-state index in [9.17, 15) is 9.90 Å². The van der Waals surface area contributed by atoms with Crippen molar-refractivity contribution in [3.8, 4) is 17.0 Å². The minimum atomic E-state index is -0.724. The van der Waals surface area contributed by atoms with Crippen molar-refractivity contribution in [1.82, 2.24) is 4.98 Å². The summed E-state index contributed by atoms with van der Waals surface area (Å²) in [5.41, 5.74) is 9.59. The molecule has 160 valence electrons. The molecule has 4 heteroatoms. The first-order valence-electron chi connectivity index (χ1n) is 10.8. The molecule has 1 heterocycles. The van der Waals surface area contributed by atoms with Crippen LogP contribution in [0.15, 0.2) is 48.7 Å². The summed E-state index contributed by atoms with van der Waals surface area (Å²) in [6, 6.07) is 14.7. The average molecular weight is 416 g/mol. The Labute approximate surface area is 183 Å². The van der Waals surface area contributed by atoms with Crippen molar-refractivity contribution in [2.75, 3.05) is 0 Å². The number of hydrogen-bond acceptors (Lipinski definition) is 3. The summed E-state index contributed by atoms with van der Waals surface area (Å²) < 4.78 is 6.07. The Hall–Kier alpha value is -3.14. The highest BCUT2D eigenvalue weighted by Gasteiger charge is 2.31. The summed E-state index contributed by atoms with van der Waals surface area (Å²) in [6.45, 7) is 8.90. The van der Waals surface area contributed by atoms with Gasteiger partial charge in [-0.3, -0.25) is 4.79 Å². The molecule has 4 rings (SSSR count). The monoisotopic (exact) mass is 415 g/mol. The summed E-state index contributed by atoms with van der Waals surface area (Å²) >= 11 is 0. The Bertz CT molecular complexity index is 1120. The molecule has 3 aromatic rings. The molecular formula is C27H29NO3. The molecule has 0 amide bonds. The molecule has 0 spiro atoms. The van der Waals surface area contributed by atoms with E-state index in [2.05, 4.69) is 62.2 Å². The fourth-order valence-electron chi connectivity index (χ4n) is 4.72. The third-order valence-electron chi connectivity index (χ3n) is 6.62. The second-order valence-corrected chi connectivity index (χ2v) is 8.77. The number of carboxylic acid groups (broad SMARTS) is 1. The van der Waals surface area contributed by atoms with Crippen LogP contribution in [0.25, 0.3) is 11.1 Å². The smallest absolute Gasteiger partial charge is 0.307 e. The first-order valence-corrected chi connectivity index (χ1v) is 10.8. The van der Waals surface area contributed by atoms with Crippen LogP contribution in [0.3, 0.4) is 0 Å². The number of aryl methyl sites for hydroxylation is 2. The predicted octanol–water partition coefficient (Wildman–Crippen LogP) is 5.69. The number of hydrogen-bond donors (Lipinski definition) is 1. The lowest BCUT2D eigenvalue weighted by molar-refractivity contribution is -0.143. The Kier molecular flexibility index (Phi) is 5.81. The molecule has 2 atom stereocenters. The van der Waals surface area contributed by atoms with Gasteiger partial charge in [-0.15, -0.1) is 0 Å². The molecule has 1 N–H and O–H groups in total. The number of benzene rings is 2. The van der Waals surface area contributed by atoms with Crippen LogP contribution in [0.2, 0.25) is 0 Å². The number of aliphatic carboxylic acids is 1. The van der Waals surface area contributed by atoms with E-state index >= 15 is 0 Å². The van der Waals surface area contributed by atoms with E-state index in [1.165, 1.54) is 27.8 Å². The molecule has 0 aliphatic heterocycles. The number of nitrogens with zero attached hydrogens (tertiary/aromatic N) is 1. The van der Waals surface area contributed by atoms with Crippen LogP contribution in [0.5, 0.6) is 5.88 Å². The zero-order valence-electron chi connectivity index (χ0n) is 18.6. The van der Waals surface area contributed by atoms with Gasteiger partial charge in [-0.2, -0.15) is 0 Å². The van der Waals surface area contributed by atoms with Gasteiger partial charge in [0.15, 0.2) is 0 Å². The van der Waals surface area contributed by atoms with Gasteiger partial charge in [0, 0.05) is 12.3 Å². The third-order valence-corrected chi connectivity index (χ3v) is 6.62. The van der Waals surface area contributed by atoms with Crippen LogP contribution in [0.1, 0.15) is 40.3 Å². The summed E-state index contributed by atoms with van der Waals surface area (Å²) in [4.78, 5) is 15.9. The molecule has 0 saturated carbocycles. The molecule has 2 aromatic carbocycles. The summed E-state index contributed by atoms with van der Waals surface area (Å²) in [5, 5.41) is 9.42. The second kappa shape index (κ2) is 8.54. The zero-order chi connectivity index (χ0) is 22.1. The lowest BCUT2D eigenvalue weighted by Gasteiger charge is -2.27. The van der Waals surface area contributed by atoms with E-state index in [1.807, 2.05) is 13.0 Å². The maximum absolute atomic E-state index is 11.5.